The van der Waals surface area contributed by atoms with E-state index in [2.05, 4.69) is 22.5 Å². The van der Waals surface area contributed by atoms with Crippen molar-refractivity contribution in [2.75, 3.05) is 7.11 Å². The molecule has 5 heteroatoms. The maximum absolute atomic E-state index is 11.6. The molecule has 0 aliphatic carbocycles. The number of ether oxygens (including phenoxy) is 1. The summed E-state index contributed by atoms with van der Waals surface area (Å²) in [6.45, 7) is 3.60. The molecule has 1 aromatic rings. The van der Waals surface area contributed by atoms with Crippen LogP contribution in [-0.4, -0.2) is 18.3 Å². The SMILES string of the molecule is C=CC(Cc1cc(Br)ccc1C(=O)OC)[S+]=O. The zero-order valence-electron chi connectivity index (χ0n) is 9.31. The van der Waals surface area contributed by atoms with Crippen molar-refractivity contribution in [2.45, 2.75) is 11.7 Å². The van der Waals surface area contributed by atoms with Crippen molar-refractivity contribution >= 4 is 33.6 Å². The van der Waals surface area contributed by atoms with Crippen molar-refractivity contribution in [2.24, 2.45) is 0 Å². The van der Waals surface area contributed by atoms with Gasteiger partial charge in [0.05, 0.1) is 12.7 Å². The van der Waals surface area contributed by atoms with E-state index in [0.717, 1.165) is 10.0 Å². The van der Waals surface area contributed by atoms with Crippen LogP contribution in [-0.2, 0) is 27.0 Å². The van der Waals surface area contributed by atoms with Gasteiger partial charge in [-0.3, -0.25) is 0 Å². The fourth-order valence-electron chi connectivity index (χ4n) is 1.41. The largest absolute Gasteiger partial charge is 0.466 e. The van der Waals surface area contributed by atoms with Gasteiger partial charge in [-0.2, -0.15) is 0 Å². The summed E-state index contributed by atoms with van der Waals surface area (Å²) in [6, 6.07) is 5.27. The van der Waals surface area contributed by atoms with Gasteiger partial charge < -0.3 is 4.74 Å². The maximum Gasteiger partial charge on any atom is 0.466 e. The van der Waals surface area contributed by atoms with E-state index in [1.165, 1.54) is 7.11 Å². The average molecular weight is 316 g/mol. The Morgan fingerprint density at radius 3 is 2.88 bits per heavy atom. The predicted molar refractivity (Wildman–Crippen MR) is 71.2 cm³/mol. The van der Waals surface area contributed by atoms with Gasteiger partial charge in [0.15, 0.2) is 0 Å². The van der Waals surface area contributed by atoms with E-state index in [1.54, 1.807) is 18.2 Å². The van der Waals surface area contributed by atoms with Gasteiger partial charge in [-0.1, -0.05) is 22.5 Å². The van der Waals surface area contributed by atoms with Gasteiger partial charge in [-0.05, 0) is 29.8 Å². The topological polar surface area (TPSA) is 43.4 Å². The lowest BCUT2D eigenvalue weighted by Gasteiger charge is -2.07. The van der Waals surface area contributed by atoms with Crippen molar-refractivity contribution in [1.29, 1.82) is 0 Å². The van der Waals surface area contributed by atoms with Crippen LogP contribution in [0.15, 0.2) is 35.3 Å². The van der Waals surface area contributed by atoms with E-state index >= 15 is 0 Å². The first kappa shape index (κ1) is 14.0. The average Bonchev–Trinajstić information content (AvgIpc) is 2.35. The summed E-state index contributed by atoms with van der Waals surface area (Å²) in [5, 5.41) is -0.257. The number of halogens is 1. The van der Waals surface area contributed by atoms with Crippen LogP contribution in [0.1, 0.15) is 15.9 Å². The van der Waals surface area contributed by atoms with Crippen LogP contribution < -0.4 is 0 Å². The highest BCUT2D eigenvalue weighted by Gasteiger charge is 2.22. The molecule has 90 valence electrons. The third-order valence-electron chi connectivity index (χ3n) is 2.28. The Morgan fingerprint density at radius 2 is 2.35 bits per heavy atom. The third-order valence-corrected chi connectivity index (χ3v) is 3.38. The standard InChI is InChI=1S/C12H12BrO3S/c1-3-10(17-15)7-8-6-9(13)4-5-11(8)12(14)16-2/h3-6,10H,1,7H2,2H3/q+1. The number of hydrogen-bond acceptors (Lipinski definition) is 3. The minimum Gasteiger partial charge on any atom is -0.465 e. The van der Waals surface area contributed by atoms with Gasteiger partial charge in [0.2, 0.25) is 0 Å². The van der Waals surface area contributed by atoms with Gasteiger partial charge in [0, 0.05) is 15.1 Å². The molecule has 1 atom stereocenters. The summed E-state index contributed by atoms with van der Waals surface area (Å²) in [7, 11) is 1.33. The number of carbonyl (C=O) groups excluding carboxylic acids is 1. The van der Waals surface area contributed by atoms with E-state index < -0.39 is 5.97 Å². The Kier molecular flexibility index (Phi) is 5.44. The highest BCUT2D eigenvalue weighted by atomic mass is 79.9. The molecule has 0 amide bonds. The number of rotatable bonds is 5. The fraction of sp³-hybridized carbons (Fsp3) is 0.250. The van der Waals surface area contributed by atoms with Crippen molar-refractivity contribution in [1.82, 2.24) is 0 Å². The van der Waals surface area contributed by atoms with Crippen molar-refractivity contribution in [3.8, 4) is 0 Å². The molecule has 1 aromatic carbocycles. The van der Waals surface area contributed by atoms with Gasteiger partial charge in [0.25, 0.3) is 5.25 Å². The van der Waals surface area contributed by atoms with Crippen molar-refractivity contribution < 1.29 is 13.7 Å². The molecule has 0 aliphatic rings. The van der Waals surface area contributed by atoms with Crippen LogP contribution in [0.2, 0.25) is 0 Å². The molecule has 0 radical (unpaired) electrons. The Balaban J connectivity index is 3.10. The van der Waals surface area contributed by atoms with Crippen molar-refractivity contribution in [3.05, 3.63) is 46.5 Å². The molecule has 1 unspecified atom stereocenters. The van der Waals surface area contributed by atoms with Crippen LogP contribution in [0.3, 0.4) is 0 Å². The van der Waals surface area contributed by atoms with E-state index in [9.17, 15) is 9.00 Å². The number of benzene rings is 1. The van der Waals surface area contributed by atoms with Gasteiger partial charge in [-0.25, -0.2) is 4.79 Å². The molecule has 17 heavy (non-hydrogen) atoms. The summed E-state index contributed by atoms with van der Waals surface area (Å²) < 4.78 is 16.4. The molecule has 0 saturated heterocycles. The smallest absolute Gasteiger partial charge is 0.465 e. The Hall–Kier alpha value is -1.07. The molecule has 0 bridgehead atoms. The summed E-state index contributed by atoms with van der Waals surface area (Å²) in [6.07, 6.45) is 2.04. The second-order valence-corrected chi connectivity index (χ2v) is 5.08. The van der Waals surface area contributed by atoms with Crippen LogP contribution in [0.4, 0.5) is 0 Å². The minimum absolute atomic E-state index is 0.257. The molecular formula is C12H12BrO3S+. The normalized spacial score (nSPS) is 11.6. The molecule has 1 rings (SSSR count). The first-order valence-electron chi connectivity index (χ1n) is 4.90. The molecule has 0 aliphatic heterocycles. The minimum atomic E-state index is -0.397. The summed E-state index contributed by atoms with van der Waals surface area (Å²) >= 11 is 3.80. The molecule has 0 heterocycles. The second kappa shape index (κ2) is 6.61. The second-order valence-electron chi connectivity index (χ2n) is 3.37. The van der Waals surface area contributed by atoms with Gasteiger partial charge >= 0.3 is 17.6 Å². The third kappa shape index (κ3) is 3.71. The summed E-state index contributed by atoms with van der Waals surface area (Å²) in [4.78, 5) is 11.6. The van der Waals surface area contributed by atoms with Gasteiger partial charge in [-0.15, -0.1) is 0 Å². The van der Waals surface area contributed by atoms with Crippen molar-refractivity contribution in [3.63, 3.8) is 0 Å². The molecule has 0 fully saturated rings. The number of esters is 1. The Morgan fingerprint density at radius 1 is 1.65 bits per heavy atom. The molecule has 0 N–H and O–H groups in total. The number of carbonyl (C=O) groups is 1. The summed E-state index contributed by atoms with van der Waals surface area (Å²) in [5.74, 6) is -0.397. The Bertz CT molecular complexity index is 437. The van der Waals surface area contributed by atoms with Gasteiger partial charge in [0.1, 0.15) is 0 Å². The molecular weight excluding hydrogens is 304 g/mol. The number of methoxy groups -OCH3 is 1. The monoisotopic (exact) mass is 315 g/mol. The predicted octanol–water partition coefficient (Wildman–Crippen LogP) is 2.76. The van der Waals surface area contributed by atoms with Crippen LogP contribution >= 0.6 is 15.9 Å². The molecule has 3 nitrogen and oxygen atoms in total. The molecule has 0 spiro atoms. The van der Waals surface area contributed by atoms with E-state index in [0.29, 0.717) is 23.7 Å². The first-order valence-corrected chi connectivity index (χ1v) is 6.50. The van der Waals surface area contributed by atoms with Crippen LogP contribution in [0, 0.1) is 0 Å². The quantitative estimate of drug-likeness (QED) is 0.477. The first-order chi connectivity index (χ1) is 8.12. The highest BCUT2D eigenvalue weighted by Crippen LogP contribution is 2.19. The number of hydrogen-bond donors (Lipinski definition) is 0. The lowest BCUT2D eigenvalue weighted by Crippen LogP contribution is -2.11. The lowest BCUT2D eigenvalue weighted by molar-refractivity contribution is 0.0599. The van der Waals surface area contributed by atoms with Crippen LogP contribution in [0.5, 0.6) is 0 Å². The fourth-order valence-corrected chi connectivity index (χ4v) is 2.15. The highest BCUT2D eigenvalue weighted by molar-refractivity contribution is 9.10. The zero-order valence-corrected chi connectivity index (χ0v) is 11.7. The lowest BCUT2D eigenvalue weighted by atomic mass is 10.0. The molecule has 0 aromatic heterocycles. The Labute approximate surface area is 112 Å². The van der Waals surface area contributed by atoms with E-state index in [-0.39, 0.29) is 5.25 Å². The zero-order chi connectivity index (χ0) is 12.8. The maximum atomic E-state index is 11.6. The van der Waals surface area contributed by atoms with E-state index in [4.69, 9.17) is 4.74 Å². The van der Waals surface area contributed by atoms with E-state index in [1.807, 2.05) is 6.07 Å². The van der Waals surface area contributed by atoms with Crippen LogP contribution in [0.25, 0.3) is 0 Å². The summed E-state index contributed by atoms with van der Waals surface area (Å²) in [5.41, 5.74) is 1.26. The molecule has 0 saturated carbocycles.